The second-order valence-corrected chi connectivity index (χ2v) is 6.24. The fourth-order valence-electron chi connectivity index (χ4n) is 2.74. The normalized spacial score (nSPS) is 11.6. The molecule has 7 heteroatoms. The van der Waals surface area contributed by atoms with Gasteiger partial charge in [0.15, 0.2) is 11.5 Å². The molecule has 0 saturated heterocycles. The first kappa shape index (κ1) is 18.4. The fourth-order valence-corrected chi connectivity index (χ4v) is 2.74. The fraction of sp³-hybridized carbons (Fsp3) is 0.0909. The van der Waals surface area contributed by atoms with E-state index in [1.165, 1.54) is 0 Å². The monoisotopic (exact) mass is 390 g/mol. The molecule has 3 aromatic carbocycles. The van der Waals surface area contributed by atoms with Crippen LogP contribution in [0.25, 0.3) is 0 Å². The Hall–Kier alpha value is -4.00. The summed E-state index contributed by atoms with van der Waals surface area (Å²) >= 11 is 0. The third-order valence-corrected chi connectivity index (χ3v) is 4.16. The standard InChI is InChI=1S/C22H18N2O5/c25-21(24-16-8-11-19-20(12-16)28-14-27-19)13-23-22(26)15-6-9-18(10-7-15)29-17-4-2-1-3-5-17/h1-12H,13-14H2,(H,23,26)(H,24,25). The second-order valence-electron chi connectivity index (χ2n) is 6.24. The molecule has 0 spiro atoms. The highest BCUT2D eigenvalue weighted by molar-refractivity contribution is 5.99. The zero-order chi connectivity index (χ0) is 20.1. The van der Waals surface area contributed by atoms with Gasteiger partial charge in [-0.3, -0.25) is 9.59 Å². The lowest BCUT2D eigenvalue weighted by molar-refractivity contribution is -0.115. The van der Waals surface area contributed by atoms with Gasteiger partial charge in [0, 0.05) is 17.3 Å². The molecule has 1 aliphatic rings. The molecule has 0 unspecified atom stereocenters. The second kappa shape index (κ2) is 8.35. The zero-order valence-corrected chi connectivity index (χ0v) is 15.4. The van der Waals surface area contributed by atoms with E-state index in [2.05, 4.69) is 10.6 Å². The van der Waals surface area contributed by atoms with Gasteiger partial charge in [0.2, 0.25) is 12.7 Å². The van der Waals surface area contributed by atoms with Gasteiger partial charge in [-0.05, 0) is 48.5 Å². The summed E-state index contributed by atoms with van der Waals surface area (Å²) in [5, 5.41) is 5.30. The van der Waals surface area contributed by atoms with Gasteiger partial charge in [0.1, 0.15) is 11.5 Å². The summed E-state index contributed by atoms with van der Waals surface area (Å²) in [6.07, 6.45) is 0. The number of anilines is 1. The summed E-state index contributed by atoms with van der Waals surface area (Å²) in [4.78, 5) is 24.3. The van der Waals surface area contributed by atoms with Crippen LogP contribution in [0, 0.1) is 0 Å². The molecule has 7 nitrogen and oxygen atoms in total. The Morgan fingerprint density at radius 3 is 2.38 bits per heavy atom. The first-order valence-corrected chi connectivity index (χ1v) is 8.98. The van der Waals surface area contributed by atoms with E-state index in [1.54, 1.807) is 42.5 Å². The molecule has 0 fully saturated rings. The van der Waals surface area contributed by atoms with Gasteiger partial charge < -0.3 is 24.8 Å². The summed E-state index contributed by atoms with van der Waals surface area (Å²) in [5.41, 5.74) is 0.997. The number of hydrogen-bond donors (Lipinski definition) is 2. The first-order valence-electron chi connectivity index (χ1n) is 8.98. The summed E-state index contributed by atoms with van der Waals surface area (Å²) in [5.74, 6) is 1.84. The molecule has 0 atom stereocenters. The molecule has 0 aromatic heterocycles. The van der Waals surface area contributed by atoms with Crippen LogP contribution in [0.3, 0.4) is 0 Å². The number of carbonyl (C=O) groups is 2. The largest absolute Gasteiger partial charge is 0.457 e. The van der Waals surface area contributed by atoms with Gasteiger partial charge >= 0.3 is 0 Å². The molecular weight excluding hydrogens is 372 g/mol. The van der Waals surface area contributed by atoms with Gasteiger partial charge in [-0.15, -0.1) is 0 Å². The predicted molar refractivity (Wildman–Crippen MR) is 106 cm³/mol. The third kappa shape index (κ3) is 4.65. The molecule has 2 amide bonds. The van der Waals surface area contributed by atoms with E-state index in [4.69, 9.17) is 14.2 Å². The Morgan fingerprint density at radius 2 is 1.59 bits per heavy atom. The summed E-state index contributed by atoms with van der Waals surface area (Å²) in [7, 11) is 0. The van der Waals surface area contributed by atoms with Crippen molar-refractivity contribution in [3.63, 3.8) is 0 Å². The first-order chi connectivity index (χ1) is 14.2. The van der Waals surface area contributed by atoms with Crippen molar-refractivity contribution in [2.45, 2.75) is 0 Å². The number of hydrogen-bond acceptors (Lipinski definition) is 5. The lowest BCUT2D eigenvalue weighted by Gasteiger charge is -2.09. The molecule has 146 valence electrons. The van der Waals surface area contributed by atoms with Gasteiger partial charge in [-0.25, -0.2) is 0 Å². The van der Waals surface area contributed by atoms with Crippen molar-refractivity contribution in [3.05, 3.63) is 78.4 Å². The maximum atomic E-state index is 12.3. The minimum absolute atomic E-state index is 0.157. The van der Waals surface area contributed by atoms with Crippen molar-refractivity contribution < 1.29 is 23.8 Å². The van der Waals surface area contributed by atoms with Gasteiger partial charge in [-0.2, -0.15) is 0 Å². The SMILES string of the molecule is O=C(CNC(=O)c1ccc(Oc2ccccc2)cc1)Nc1ccc2c(c1)OCO2. The van der Waals surface area contributed by atoms with E-state index in [0.717, 1.165) is 0 Å². The minimum Gasteiger partial charge on any atom is -0.457 e. The van der Waals surface area contributed by atoms with Crippen LogP contribution in [0.4, 0.5) is 5.69 Å². The number of rotatable bonds is 6. The molecule has 0 radical (unpaired) electrons. The predicted octanol–water partition coefficient (Wildman–Crippen LogP) is 3.58. The van der Waals surface area contributed by atoms with Crippen LogP contribution in [0.15, 0.2) is 72.8 Å². The number of amides is 2. The van der Waals surface area contributed by atoms with E-state index in [0.29, 0.717) is 34.2 Å². The van der Waals surface area contributed by atoms with E-state index in [1.807, 2.05) is 30.3 Å². The average Bonchev–Trinajstić information content (AvgIpc) is 3.21. The molecular formula is C22H18N2O5. The highest BCUT2D eigenvalue weighted by Gasteiger charge is 2.14. The Labute approximate surface area is 167 Å². The van der Waals surface area contributed by atoms with Crippen LogP contribution in [0.2, 0.25) is 0 Å². The van der Waals surface area contributed by atoms with Crippen molar-refractivity contribution in [3.8, 4) is 23.0 Å². The van der Waals surface area contributed by atoms with Crippen molar-refractivity contribution in [1.29, 1.82) is 0 Å². The lowest BCUT2D eigenvalue weighted by atomic mass is 10.2. The van der Waals surface area contributed by atoms with Crippen LogP contribution in [-0.2, 0) is 4.79 Å². The quantitative estimate of drug-likeness (QED) is 0.672. The maximum Gasteiger partial charge on any atom is 0.251 e. The molecule has 0 saturated carbocycles. The molecule has 1 heterocycles. The minimum atomic E-state index is -0.350. The zero-order valence-electron chi connectivity index (χ0n) is 15.4. The van der Waals surface area contributed by atoms with Gasteiger partial charge in [0.05, 0.1) is 6.54 Å². The summed E-state index contributed by atoms with van der Waals surface area (Å²) in [6.45, 7) is 0.00745. The molecule has 4 rings (SSSR count). The Bertz CT molecular complexity index is 1020. The van der Waals surface area contributed by atoms with E-state index < -0.39 is 0 Å². The van der Waals surface area contributed by atoms with E-state index in [9.17, 15) is 9.59 Å². The Balaban J connectivity index is 1.28. The summed E-state index contributed by atoms with van der Waals surface area (Å²) < 4.78 is 16.2. The topological polar surface area (TPSA) is 85.9 Å². The van der Waals surface area contributed by atoms with E-state index >= 15 is 0 Å². The molecule has 3 aromatic rings. The lowest BCUT2D eigenvalue weighted by Crippen LogP contribution is -2.32. The number of para-hydroxylation sites is 1. The third-order valence-electron chi connectivity index (χ3n) is 4.16. The molecule has 0 aliphatic carbocycles. The number of fused-ring (bicyclic) bond motifs is 1. The van der Waals surface area contributed by atoms with Crippen molar-refractivity contribution in [1.82, 2.24) is 5.32 Å². The van der Waals surface area contributed by atoms with Crippen LogP contribution < -0.4 is 24.8 Å². The molecule has 0 bridgehead atoms. The number of carbonyl (C=O) groups excluding carboxylic acids is 2. The smallest absolute Gasteiger partial charge is 0.251 e. The Morgan fingerprint density at radius 1 is 0.862 bits per heavy atom. The highest BCUT2D eigenvalue weighted by atomic mass is 16.7. The van der Waals surface area contributed by atoms with Gasteiger partial charge in [-0.1, -0.05) is 18.2 Å². The molecule has 2 N–H and O–H groups in total. The molecule has 1 aliphatic heterocycles. The van der Waals surface area contributed by atoms with Crippen molar-refractivity contribution in [2.75, 3.05) is 18.7 Å². The number of benzene rings is 3. The van der Waals surface area contributed by atoms with Crippen LogP contribution >= 0.6 is 0 Å². The Kier molecular flexibility index (Phi) is 5.29. The van der Waals surface area contributed by atoms with Crippen molar-refractivity contribution >= 4 is 17.5 Å². The number of ether oxygens (including phenoxy) is 3. The molecule has 29 heavy (non-hydrogen) atoms. The van der Waals surface area contributed by atoms with Crippen LogP contribution in [0.5, 0.6) is 23.0 Å². The van der Waals surface area contributed by atoms with E-state index in [-0.39, 0.29) is 25.2 Å². The summed E-state index contributed by atoms with van der Waals surface area (Å²) in [6, 6.07) is 21.1. The van der Waals surface area contributed by atoms with Gasteiger partial charge in [0.25, 0.3) is 5.91 Å². The number of nitrogens with one attached hydrogen (secondary N) is 2. The van der Waals surface area contributed by atoms with Crippen LogP contribution in [0.1, 0.15) is 10.4 Å². The average molecular weight is 390 g/mol. The van der Waals surface area contributed by atoms with Crippen LogP contribution in [-0.4, -0.2) is 25.2 Å². The highest BCUT2D eigenvalue weighted by Crippen LogP contribution is 2.34. The van der Waals surface area contributed by atoms with Crippen molar-refractivity contribution in [2.24, 2.45) is 0 Å². The maximum absolute atomic E-state index is 12.3.